The molecule has 5 nitrogen and oxygen atoms in total. The number of hydrogen-bond acceptors (Lipinski definition) is 3. The van der Waals surface area contributed by atoms with E-state index in [1.807, 2.05) is 54.8 Å². The van der Waals surface area contributed by atoms with Gasteiger partial charge in [-0.25, -0.2) is 4.98 Å². The standard InChI is InChI=1S/C14H17N3O2/c1-10-13(8-14(18)19)17(9-15-10)12-6-4-11(5-7-12)16(2)3/h4-7,9H,8H2,1-3H3,(H,18,19). The summed E-state index contributed by atoms with van der Waals surface area (Å²) in [5.74, 6) is -0.852. The largest absolute Gasteiger partial charge is 0.481 e. The number of imidazole rings is 1. The van der Waals surface area contributed by atoms with Crippen molar-refractivity contribution in [3.63, 3.8) is 0 Å². The van der Waals surface area contributed by atoms with E-state index >= 15 is 0 Å². The normalized spacial score (nSPS) is 10.5. The molecule has 5 heteroatoms. The van der Waals surface area contributed by atoms with E-state index in [2.05, 4.69) is 4.98 Å². The fourth-order valence-electron chi connectivity index (χ4n) is 1.95. The van der Waals surface area contributed by atoms with Gasteiger partial charge < -0.3 is 14.6 Å². The zero-order valence-corrected chi connectivity index (χ0v) is 11.3. The molecule has 1 aromatic carbocycles. The highest BCUT2D eigenvalue weighted by Crippen LogP contribution is 2.18. The molecule has 0 aliphatic heterocycles. The Labute approximate surface area is 112 Å². The Balaban J connectivity index is 2.38. The van der Waals surface area contributed by atoms with E-state index in [0.29, 0.717) is 5.69 Å². The molecule has 2 rings (SSSR count). The van der Waals surface area contributed by atoms with Gasteiger partial charge in [-0.2, -0.15) is 0 Å². The Morgan fingerprint density at radius 2 is 1.95 bits per heavy atom. The maximum absolute atomic E-state index is 10.9. The van der Waals surface area contributed by atoms with E-state index in [9.17, 15) is 4.79 Å². The number of carbonyl (C=O) groups is 1. The van der Waals surface area contributed by atoms with Gasteiger partial charge >= 0.3 is 5.97 Å². The van der Waals surface area contributed by atoms with Gasteiger partial charge in [-0.15, -0.1) is 0 Å². The molecule has 0 bridgehead atoms. The molecule has 100 valence electrons. The van der Waals surface area contributed by atoms with E-state index < -0.39 is 5.97 Å². The van der Waals surface area contributed by atoms with Crippen molar-refractivity contribution in [3.8, 4) is 5.69 Å². The zero-order valence-electron chi connectivity index (χ0n) is 11.3. The molecular formula is C14H17N3O2. The fraction of sp³-hybridized carbons (Fsp3) is 0.286. The lowest BCUT2D eigenvalue weighted by atomic mass is 10.2. The second kappa shape index (κ2) is 5.14. The van der Waals surface area contributed by atoms with Crippen LogP contribution < -0.4 is 4.90 Å². The van der Waals surface area contributed by atoms with Crippen LogP contribution in [0.1, 0.15) is 11.4 Å². The van der Waals surface area contributed by atoms with Crippen LogP contribution in [0.5, 0.6) is 0 Å². The Kier molecular flexibility index (Phi) is 3.55. The monoisotopic (exact) mass is 259 g/mol. The molecule has 0 aliphatic carbocycles. The van der Waals surface area contributed by atoms with Crippen LogP contribution in [0.4, 0.5) is 5.69 Å². The lowest BCUT2D eigenvalue weighted by Gasteiger charge is -2.13. The maximum Gasteiger partial charge on any atom is 0.309 e. The quantitative estimate of drug-likeness (QED) is 0.910. The van der Waals surface area contributed by atoms with E-state index in [-0.39, 0.29) is 6.42 Å². The van der Waals surface area contributed by atoms with Crippen LogP contribution in [0.15, 0.2) is 30.6 Å². The van der Waals surface area contributed by atoms with Gasteiger partial charge in [-0.05, 0) is 31.2 Å². The van der Waals surface area contributed by atoms with Gasteiger partial charge in [0.05, 0.1) is 24.1 Å². The topological polar surface area (TPSA) is 58.4 Å². The van der Waals surface area contributed by atoms with Crippen LogP contribution in [-0.2, 0) is 11.2 Å². The highest BCUT2D eigenvalue weighted by molar-refractivity contribution is 5.70. The second-order valence-electron chi connectivity index (χ2n) is 4.63. The number of rotatable bonds is 4. The molecule has 1 aromatic heterocycles. The molecule has 1 N–H and O–H groups in total. The molecule has 1 heterocycles. The van der Waals surface area contributed by atoms with Crippen LogP contribution in [-0.4, -0.2) is 34.7 Å². The summed E-state index contributed by atoms with van der Waals surface area (Å²) >= 11 is 0. The van der Waals surface area contributed by atoms with Gasteiger partial charge in [0, 0.05) is 25.5 Å². The Hall–Kier alpha value is -2.30. The Morgan fingerprint density at radius 3 is 2.47 bits per heavy atom. The molecule has 2 aromatic rings. The first-order chi connectivity index (χ1) is 8.99. The number of aryl methyl sites for hydroxylation is 1. The summed E-state index contributed by atoms with van der Waals surface area (Å²) in [6, 6.07) is 7.91. The van der Waals surface area contributed by atoms with Crippen LogP contribution in [0.3, 0.4) is 0 Å². The number of aromatic nitrogens is 2. The van der Waals surface area contributed by atoms with Gasteiger partial charge in [-0.3, -0.25) is 4.79 Å². The van der Waals surface area contributed by atoms with Gasteiger partial charge in [-0.1, -0.05) is 0 Å². The first-order valence-electron chi connectivity index (χ1n) is 6.01. The predicted octanol–water partition coefficient (Wildman–Crippen LogP) is 1.87. The molecular weight excluding hydrogens is 242 g/mol. The van der Waals surface area contributed by atoms with Crippen molar-refractivity contribution in [1.82, 2.24) is 9.55 Å². The lowest BCUT2D eigenvalue weighted by Crippen LogP contribution is -2.09. The number of aliphatic carboxylic acids is 1. The average Bonchev–Trinajstić information content (AvgIpc) is 2.71. The minimum Gasteiger partial charge on any atom is -0.481 e. The maximum atomic E-state index is 10.9. The lowest BCUT2D eigenvalue weighted by molar-refractivity contribution is -0.136. The molecule has 0 aliphatic rings. The summed E-state index contributed by atoms with van der Waals surface area (Å²) in [6.45, 7) is 1.82. The number of carboxylic acid groups (broad SMARTS) is 1. The molecule has 0 amide bonds. The van der Waals surface area contributed by atoms with Crippen molar-refractivity contribution in [2.24, 2.45) is 0 Å². The Morgan fingerprint density at radius 1 is 1.32 bits per heavy atom. The number of benzene rings is 1. The molecule has 0 unspecified atom stereocenters. The van der Waals surface area contributed by atoms with Crippen LogP contribution in [0.2, 0.25) is 0 Å². The van der Waals surface area contributed by atoms with E-state index in [1.54, 1.807) is 6.33 Å². The average molecular weight is 259 g/mol. The first-order valence-corrected chi connectivity index (χ1v) is 6.01. The summed E-state index contributed by atoms with van der Waals surface area (Å²) in [5, 5.41) is 8.95. The first kappa shape index (κ1) is 13.1. The van der Waals surface area contributed by atoms with E-state index in [0.717, 1.165) is 17.1 Å². The minimum absolute atomic E-state index is 0.0265. The molecule has 0 saturated heterocycles. The molecule has 0 radical (unpaired) electrons. The molecule has 0 saturated carbocycles. The number of nitrogens with zero attached hydrogens (tertiary/aromatic N) is 3. The van der Waals surface area contributed by atoms with Crippen molar-refractivity contribution >= 4 is 11.7 Å². The van der Waals surface area contributed by atoms with Crippen LogP contribution in [0.25, 0.3) is 5.69 Å². The third-order valence-electron chi connectivity index (χ3n) is 3.04. The summed E-state index contributed by atoms with van der Waals surface area (Å²) in [6.07, 6.45) is 1.64. The smallest absolute Gasteiger partial charge is 0.309 e. The van der Waals surface area contributed by atoms with Crippen molar-refractivity contribution in [1.29, 1.82) is 0 Å². The van der Waals surface area contributed by atoms with Crippen molar-refractivity contribution in [2.75, 3.05) is 19.0 Å². The SMILES string of the molecule is Cc1ncn(-c2ccc(N(C)C)cc2)c1CC(=O)O. The summed E-state index contributed by atoms with van der Waals surface area (Å²) in [4.78, 5) is 17.1. The number of hydrogen-bond donors (Lipinski definition) is 1. The van der Waals surface area contributed by atoms with Crippen LogP contribution in [0, 0.1) is 6.92 Å². The van der Waals surface area contributed by atoms with Crippen LogP contribution >= 0.6 is 0 Å². The van der Waals surface area contributed by atoms with Gasteiger partial charge in [0.25, 0.3) is 0 Å². The summed E-state index contributed by atoms with van der Waals surface area (Å²) in [5.41, 5.74) is 3.48. The minimum atomic E-state index is -0.852. The van der Waals surface area contributed by atoms with Gasteiger partial charge in [0.15, 0.2) is 0 Å². The van der Waals surface area contributed by atoms with E-state index in [4.69, 9.17) is 5.11 Å². The fourth-order valence-corrected chi connectivity index (χ4v) is 1.95. The summed E-state index contributed by atoms with van der Waals surface area (Å²) < 4.78 is 1.82. The molecule has 0 spiro atoms. The Bertz CT molecular complexity index is 585. The van der Waals surface area contributed by atoms with Crippen molar-refractivity contribution < 1.29 is 9.90 Å². The predicted molar refractivity (Wildman–Crippen MR) is 74.0 cm³/mol. The van der Waals surface area contributed by atoms with Gasteiger partial charge in [0.1, 0.15) is 0 Å². The number of carboxylic acids is 1. The zero-order chi connectivity index (χ0) is 14.0. The molecule has 19 heavy (non-hydrogen) atoms. The third kappa shape index (κ3) is 2.76. The summed E-state index contributed by atoms with van der Waals surface area (Å²) in [7, 11) is 3.96. The van der Waals surface area contributed by atoms with E-state index in [1.165, 1.54) is 0 Å². The molecule has 0 fully saturated rings. The van der Waals surface area contributed by atoms with Gasteiger partial charge in [0.2, 0.25) is 0 Å². The highest BCUT2D eigenvalue weighted by atomic mass is 16.4. The molecule has 0 atom stereocenters. The number of anilines is 1. The second-order valence-corrected chi connectivity index (χ2v) is 4.63. The third-order valence-corrected chi connectivity index (χ3v) is 3.04. The highest BCUT2D eigenvalue weighted by Gasteiger charge is 2.12. The van der Waals surface area contributed by atoms with Crippen molar-refractivity contribution in [2.45, 2.75) is 13.3 Å². The van der Waals surface area contributed by atoms with Crippen molar-refractivity contribution in [3.05, 3.63) is 42.0 Å².